The van der Waals surface area contributed by atoms with E-state index in [1.165, 1.54) is 11.4 Å². The number of carbonyl (C=O) groups is 1. The number of nitrogens with one attached hydrogen (secondary N) is 1. The Labute approximate surface area is 209 Å². The van der Waals surface area contributed by atoms with Crippen LogP contribution < -0.4 is 11.1 Å². The molecule has 0 bridgehead atoms. The van der Waals surface area contributed by atoms with E-state index in [2.05, 4.69) is 32.2 Å². The number of nitrogens with two attached hydrogens (primary N) is 1. The van der Waals surface area contributed by atoms with Crippen molar-refractivity contribution in [3.63, 3.8) is 0 Å². The van der Waals surface area contributed by atoms with E-state index in [9.17, 15) is 4.79 Å². The first-order valence-corrected chi connectivity index (χ1v) is 11.8. The lowest BCUT2D eigenvalue weighted by Crippen LogP contribution is -2.33. The van der Waals surface area contributed by atoms with Crippen LogP contribution in [0.4, 0.5) is 16.3 Å². The second kappa shape index (κ2) is 9.68. The highest BCUT2D eigenvalue weighted by Gasteiger charge is 2.31. The quantitative estimate of drug-likeness (QED) is 0.414. The summed E-state index contributed by atoms with van der Waals surface area (Å²) in [5, 5.41) is 9.61. The monoisotopic (exact) mass is 481 g/mol. The Morgan fingerprint density at radius 2 is 1.97 bits per heavy atom. The molecule has 2 amide bonds. The minimum absolute atomic E-state index is 0.0881. The lowest BCUT2D eigenvalue weighted by molar-refractivity contribution is -0.0829. The Hall–Kier alpha value is -4.42. The molecule has 3 N–H and O–H groups in total. The predicted octanol–water partition coefficient (Wildman–Crippen LogP) is 4.61. The third kappa shape index (κ3) is 4.46. The van der Waals surface area contributed by atoms with Gasteiger partial charge >= 0.3 is 6.03 Å². The van der Waals surface area contributed by atoms with Crippen molar-refractivity contribution in [1.82, 2.24) is 24.8 Å². The number of nitrogens with zero attached hydrogens (tertiary/aromatic N) is 5. The van der Waals surface area contributed by atoms with E-state index in [1.807, 2.05) is 69.3 Å². The van der Waals surface area contributed by atoms with Gasteiger partial charge in [-0.15, -0.1) is 0 Å². The molecule has 1 aliphatic heterocycles. The number of hydroxylamine groups is 2. The van der Waals surface area contributed by atoms with Gasteiger partial charge in [0.15, 0.2) is 5.65 Å². The van der Waals surface area contributed by atoms with Gasteiger partial charge in [-0.3, -0.25) is 4.84 Å². The van der Waals surface area contributed by atoms with Crippen molar-refractivity contribution < 1.29 is 9.63 Å². The summed E-state index contributed by atoms with van der Waals surface area (Å²) in [6, 6.07) is 15.1. The highest BCUT2D eigenvalue weighted by Crippen LogP contribution is 2.31. The Morgan fingerprint density at radius 3 is 2.75 bits per heavy atom. The van der Waals surface area contributed by atoms with E-state index in [4.69, 9.17) is 10.6 Å². The first-order valence-electron chi connectivity index (χ1n) is 11.8. The fraction of sp³-hybridized carbons (Fsp3) is 0.259. The van der Waals surface area contributed by atoms with Crippen LogP contribution >= 0.6 is 0 Å². The average Bonchev–Trinajstić information content (AvgIpc) is 3.51. The fourth-order valence-corrected chi connectivity index (χ4v) is 4.23. The van der Waals surface area contributed by atoms with Crippen LogP contribution in [0.25, 0.3) is 11.0 Å². The smallest absolute Gasteiger partial charge is 0.346 e. The van der Waals surface area contributed by atoms with E-state index in [0.29, 0.717) is 34.8 Å². The predicted molar refractivity (Wildman–Crippen MR) is 138 cm³/mol. The molecule has 9 heteroatoms. The molecular formula is C27H27N7O2. The summed E-state index contributed by atoms with van der Waals surface area (Å²) >= 11 is 0. The van der Waals surface area contributed by atoms with Crippen LogP contribution in [-0.2, 0) is 4.84 Å². The van der Waals surface area contributed by atoms with E-state index >= 15 is 0 Å². The summed E-state index contributed by atoms with van der Waals surface area (Å²) in [5.41, 5.74) is 10.7. The average molecular weight is 482 g/mol. The van der Waals surface area contributed by atoms with Crippen LogP contribution in [0.3, 0.4) is 0 Å². The molecule has 182 valence electrons. The van der Waals surface area contributed by atoms with E-state index in [-0.39, 0.29) is 18.1 Å². The minimum atomic E-state index is -0.323. The van der Waals surface area contributed by atoms with Crippen LogP contribution in [0.1, 0.15) is 54.7 Å². The van der Waals surface area contributed by atoms with Crippen molar-refractivity contribution in [2.24, 2.45) is 0 Å². The molecule has 1 aliphatic rings. The number of fused-ring (bicyclic) bond motifs is 1. The Kier molecular flexibility index (Phi) is 6.27. The zero-order valence-electron chi connectivity index (χ0n) is 20.4. The SMILES string of the molecule is Cc1ccc(NC(=O)N2OCC[C@@H]2c2ccccc2)cc1C#Cc1nn(C(C)C)c2ncnc(N)c12. The van der Waals surface area contributed by atoms with Crippen LogP contribution in [0.15, 0.2) is 54.9 Å². The summed E-state index contributed by atoms with van der Waals surface area (Å²) in [4.78, 5) is 27.1. The van der Waals surface area contributed by atoms with Gasteiger partial charge in [-0.25, -0.2) is 19.4 Å². The van der Waals surface area contributed by atoms with Gasteiger partial charge in [0.05, 0.1) is 18.0 Å². The van der Waals surface area contributed by atoms with Gasteiger partial charge in [-0.1, -0.05) is 42.3 Å². The largest absolute Gasteiger partial charge is 0.383 e. The number of hydrogen-bond donors (Lipinski definition) is 2. The molecule has 1 saturated heterocycles. The molecule has 1 atom stereocenters. The number of amides is 2. The highest BCUT2D eigenvalue weighted by atomic mass is 16.7. The molecule has 36 heavy (non-hydrogen) atoms. The van der Waals surface area contributed by atoms with Crippen molar-refractivity contribution in [3.8, 4) is 11.8 Å². The van der Waals surface area contributed by atoms with Crippen molar-refractivity contribution >= 4 is 28.6 Å². The van der Waals surface area contributed by atoms with Gasteiger partial charge in [-0.05, 0) is 50.0 Å². The maximum Gasteiger partial charge on any atom is 0.346 e. The van der Waals surface area contributed by atoms with Crippen molar-refractivity contribution in [3.05, 3.63) is 77.2 Å². The summed E-state index contributed by atoms with van der Waals surface area (Å²) in [7, 11) is 0. The van der Waals surface area contributed by atoms with Crippen molar-refractivity contribution in [1.29, 1.82) is 0 Å². The number of hydrogen-bond acceptors (Lipinski definition) is 6. The zero-order valence-corrected chi connectivity index (χ0v) is 20.4. The maximum absolute atomic E-state index is 13.0. The zero-order chi connectivity index (χ0) is 25.2. The molecule has 0 spiro atoms. The number of nitrogen functional groups attached to an aromatic ring is 1. The molecular weight excluding hydrogens is 454 g/mol. The maximum atomic E-state index is 13.0. The normalized spacial score (nSPS) is 15.2. The molecule has 4 aromatic rings. The van der Waals surface area contributed by atoms with E-state index in [0.717, 1.165) is 23.1 Å². The molecule has 2 aromatic heterocycles. The number of benzene rings is 2. The van der Waals surface area contributed by atoms with Crippen LogP contribution in [-0.4, -0.2) is 37.4 Å². The summed E-state index contributed by atoms with van der Waals surface area (Å²) in [6.45, 7) is 6.49. The third-order valence-corrected chi connectivity index (χ3v) is 6.10. The molecule has 2 aromatic carbocycles. The standard InChI is InChI=1S/C27H27N7O2/c1-17(2)33-26-24(25(28)29-16-30-26)22(32-33)12-10-20-15-21(11-9-18(20)3)31-27(35)34-23(13-14-36-34)19-7-5-4-6-8-19/h4-9,11,15-17,23H,13-14H2,1-3H3,(H,31,35)(H2,28,29,30)/t23-/m1/s1. The van der Waals surface area contributed by atoms with E-state index in [1.54, 1.807) is 4.68 Å². The second-order valence-corrected chi connectivity index (χ2v) is 8.93. The van der Waals surface area contributed by atoms with Gasteiger partial charge in [0, 0.05) is 23.7 Å². The van der Waals surface area contributed by atoms with Gasteiger partial charge < -0.3 is 11.1 Å². The lowest BCUT2D eigenvalue weighted by atomic mass is 10.1. The molecule has 0 saturated carbocycles. The first-order chi connectivity index (χ1) is 17.4. The third-order valence-electron chi connectivity index (χ3n) is 6.10. The Morgan fingerprint density at radius 1 is 1.17 bits per heavy atom. The molecule has 9 nitrogen and oxygen atoms in total. The number of aromatic nitrogens is 4. The molecule has 0 radical (unpaired) electrons. The lowest BCUT2D eigenvalue weighted by Gasteiger charge is -2.23. The summed E-state index contributed by atoms with van der Waals surface area (Å²) in [5.74, 6) is 6.66. The first kappa shape index (κ1) is 23.3. The summed E-state index contributed by atoms with van der Waals surface area (Å²) in [6.07, 6.45) is 2.17. The molecule has 1 fully saturated rings. The molecule has 5 rings (SSSR count). The fourth-order valence-electron chi connectivity index (χ4n) is 4.23. The Balaban J connectivity index is 1.41. The van der Waals surface area contributed by atoms with E-state index < -0.39 is 0 Å². The molecule has 0 aliphatic carbocycles. The van der Waals surface area contributed by atoms with Crippen molar-refractivity contribution in [2.45, 2.75) is 39.3 Å². The van der Waals surface area contributed by atoms with Crippen LogP contribution in [0.5, 0.6) is 0 Å². The highest BCUT2D eigenvalue weighted by molar-refractivity contribution is 5.91. The van der Waals surface area contributed by atoms with Gasteiger partial charge in [0.1, 0.15) is 17.8 Å². The minimum Gasteiger partial charge on any atom is -0.383 e. The second-order valence-electron chi connectivity index (χ2n) is 8.93. The molecule has 0 unspecified atom stereocenters. The number of aryl methyl sites for hydroxylation is 1. The van der Waals surface area contributed by atoms with Crippen LogP contribution in [0, 0.1) is 18.8 Å². The topological polar surface area (TPSA) is 111 Å². The van der Waals surface area contributed by atoms with Gasteiger partial charge in [0.25, 0.3) is 0 Å². The number of rotatable bonds is 3. The Bertz CT molecular complexity index is 1480. The molecule has 3 heterocycles. The van der Waals surface area contributed by atoms with Crippen molar-refractivity contribution in [2.75, 3.05) is 17.7 Å². The number of urea groups is 1. The number of anilines is 2. The van der Waals surface area contributed by atoms with Gasteiger partial charge in [0.2, 0.25) is 0 Å². The van der Waals surface area contributed by atoms with Gasteiger partial charge in [-0.2, -0.15) is 10.2 Å². The number of carbonyl (C=O) groups excluding carboxylic acids is 1. The summed E-state index contributed by atoms with van der Waals surface area (Å²) < 4.78 is 1.79. The van der Waals surface area contributed by atoms with Crippen LogP contribution in [0.2, 0.25) is 0 Å².